The highest BCUT2D eigenvalue weighted by Gasteiger charge is 2.05. The van der Waals surface area contributed by atoms with Crippen molar-refractivity contribution in [3.63, 3.8) is 0 Å². The maximum atomic E-state index is 10.9. The molecule has 0 aliphatic rings. The highest BCUT2D eigenvalue weighted by Crippen LogP contribution is 2.20. The predicted molar refractivity (Wildman–Crippen MR) is 68.1 cm³/mol. The molecule has 0 aromatic heterocycles. The van der Waals surface area contributed by atoms with E-state index in [1.54, 1.807) is 12.1 Å². The van der Waals surface area contributed by atoms with E-state index in [4.69, 9.17) is 9.84 Å². The van der Waals surface area contributed by atoms with Gasteiger partial charge in [-0.05, 0) is 25.5 Å². The maximum absolute atomic E-state index is 10.9. The molecule has 0 spiro atoms. The van der Waals surface area contributed by atoms with Gasteiger partial charge in [0.25, 0.3) is 0 Å². The van der Waals surface area contributed by atoms with Gasteiger partial charge in [0.1, 0.15) is 5.75 Å². The van der Waals surface area contributed by atoms with Crippen molar-refractivity contribution in [3.05, 3.63) is 41.0 Å². The highest BCUT2D eigenvalue weighted by atomic mass is 16.5. The van der Waals surface area contributed by atoms with Gasteiger partial charge in [-0.2, -0.15) is 0 Å². The zero-order valence-electron chi connectivity index (χ0n) is 10.5. The fourth-order valence-corrected chi connectivity index (χ4v) is 1.46. The van der Waals surface area contributed by atoms with Crippen LogP contribution >= 0.6 is 0 Å². The Balaban J connectivity index is 2.60. The predicted octanol–water partition coefficient (Wildman–Crippen LogP) is 2.61. The lowest BCUT2D eigenvalue weighted by atomic mass is 10.1. The van der Waals surface area contributed by atoms with E-state index in [0.29, 0.717) is 29.9 Å². The van der Waals surface area contributed by atoms with Crippen LogP contribution in [0.25, 0.3) is 0 Å². The van der Waals surface area contributed by atoms with E-state index in [1.165, 1.54) is 6.92 Å². The minimum Gasteiger partial charge on any atom is -0.493 e. The Bertz CT molecular complexity index is 475. The topological polar surface area (TPSA) is 63.6 Å². The summed E-state index contributed by atoms with van der Waals surface area (Å²) >= 11 is 0. The van der Waals surface area contributed by atoms with Gasteiger partial charge in [-0.3, -0.25) is 4.79 Å². The van der Waals surface area contributed by atoms with Crippen molar-refractivity contribution in [1.29, 1.82) is 0 Å². The van der Waals surface area contributed by atoms with E-state index in [1.807, 2.05) is 19.1 Å². The van der Waals surface area contributed by atoms with Crippen LogP contribution in [0.1, 0.15) is 29.3 Å². The SMILES string of the molecule is CC(=CCCOc1cccc(C)c1C=O)C(=O)O. The molecule has 0 unspecified atom stereocenters. The average Bonchev–Trinajstić information content (AvgIpc) is 2.34. The van der Waals surface area contributed by atoms with Gasteiger partial charge in [0, 0.05) is 12.0 Å². The van der Waals surface area contributed by atoms with E-state index < -0.39 is 5.97 Å². The van der Waals surface area contributed by atoms with Crippen molar-refractivity contribution in [1.82, 2.24) is 0 Å². The molecular formula is C14H16O4. The van der Waals surface area contributed by atoms with Crippen LogP contribution < -0.4 is 4.74 Å². The summed E-state index contributed by atoms with van der Waals surface area (Å²) in [4.78, 5) is 21.5. The van der Waals surface area contributed by atoms with E-state index >= 15 is 0 Å². The monoisotopic (exact) mass is 248 g/mol. The van der Waals surface area contributed by atoms with Crippen LogP contribution in [-0.2, 0) is 4.79 Å². The summed E-state index contributed by atoms with van der Waals surface area (Å²) in [5, 5.41) is 8.66. The number of carbonyl (C=O) groups is 2. The minimum atomic E-state index is -0.931. The fraction of sp³-hybridized carbons (Fsp3) is 0.286. The maximum Gasteiger partial charge on any atom is 0.330 e. The van der Waals surface area contributed by atoms with Crippen LogP contribution in [0.15, 0.2) is 29.8 Å². The smallest absolute Gasteiger partial charge is 0.330 e. The Morgan fingerprint density at radius 3 is 2.78 bits per heavy atom. The molecule has 0 bridgehead atoms. The molecule has 0 aliphatic heterocycles. The third-order valence-corrected chi connectivity index (χ3v) is 2.57. The van der Waals surface area contributed by atoms with E-state index in [9.17, 15) is 9.59 Å². The van der Waals surface area contributed by atoms with Crippen LogP contribution in [0, 0.1) is 6.92 Å². The number of hydrogen-bond donors (Lipinski definition) is 1. The van der Waals surface area contributed by atoms with Crippen molar-refractivity contribution in [2.45, 2.75) is 20.3 Å². The molecule has 0 amide bonds. The standard InChI is InChI=1S/C14H16O4/c1-10-5-3-7-13(12(10)9-15)18-8-4-6-11(2)14(16)17/h3,5-7,9H,4,8H2,1-2H3,(H,16,17). The molecule has 4 heteroatoms. The van der Waals surface area contributed by atoms with E-state index in [2.05, 4.69) is 0 Å². The lowest BCUT2D eigenvalue weighted by Crippen LogP contribution is -2.02. The lowest BCUT2D eigenvalue weighted by molar-refractivity contribution is -0.132. The first-order valence-corrected chi connectivity index (χ1v) is 5.64. The van der Waals surface area contributed by atoms with Crippen LogP contribution in [0.3, 0.4) is 0 Å². The van der Waals surface area contributed by atoms with Gasteiger partial charge >= 0.3 is 5.97 Å². The molecule has 0 radical (unpaired) electrons. The van der Waals surface area contributed by atoms with Crippen LogP contribution in [0.2, 0.25) is 0 Å². The number of carboxylic acids is 1. The van der Waals surface area contributed by atoms with Gasteiger partial charge in [0.15, 0.2) is 6.29 Å². The number of benzene rings is 1. The summed E-state index contributed by atoms with van der Waals surface area (Å²) in [6.07, 6.45) is 2.85. The number of carbonyl (C=O) groups excluding carboxylic acids is 1. The Morgan fingerprint density at radius 1 is 1.44 bits per heavy atom. The average molecular weight is 248 g/mol. The van der Waals surface area contributed by atoms with Gasteiger partial charge in [0.2, 0.25) is 0 Å². The second-order valence-electron chi connectivity index (χ2n) is 3.93. The molecule has 1 rings (SSSR count). The highest BCUT2D eigenvalue weighted by molar-refractivity contribution is 5.85. The molecule has 4 nitrogen and oxygen atoms in total. The number of aryl methyl sites for hydroxylation is 1. The molecule has 0 aliphatic carbocycles. The largest absolute Gasteiger partial charge is 0.493 e. The van der Waals surface area contributed by atoms with E-state index in [0.717, 1.165) is 11.8 Å². The summed E-state index contributed by atoms with van der Waals surface area (Å²) in [7, 11) is 0. The molecule has 0 heterocycles. The van der Waals surface area contributed by atoms with Crippen molar-refractivity contribution in [2.24, 2.45) is 0 Å². The first-order valence-electron chi connectivity index (χ1n) is 5.64. The first kappa shape index (κ1) is 14.0. The molecule has 1 aromatic carbocycles. The molecule has 1 N–H and O–H groups in total. The van der Waals surface area contributed by atoms with Gasteiger partial charge in [-0.15, -0.1) is 0 Å². The quantitative estimate of drug-likeness (QED) is 0.477. The number of rotatable bonds is 6. The Hall–Kier alpha value is -2.10. The summed E-state index contributed by atoms with van der Waals surface area (Å²) in [6, 6.07) is 5.38. The normalized spacial score (nSPS) is 11.1. The molecule has 96 valence electrons. The molecule has 0 atom stereocenters. The Labute approximate surface area is 106 Å². The van der Waals surface area contributed by atoms with Crippen molar-refractivity contribution < 1.29 is 19.4 Å². The third kappa shape index (κ3) is 3.73. The zero-order chi connectivity index (χ0) is 13.5. The third-order valence-electron chi connectivity index (χ3n) is 2.57. The Kier molecular flexibility index (Phi) is 5.11. The molecule has 0 saturated carbocycles. The zero-order valence-corrected chi connectivity index (χ0v) is 10.5. The lowest BCUT2D eigenvalue weighted by Gasteiger charge is -2.08. The summed E-state index contributed by atoms with van der Waals surface area (Å²) in [6.45, 7) is 3.71. The summed E-state index contributed by atoms with van der Waals surface area (Å²) in [5.74, 6) is -0.398. The number of aldehydes is 1. The van der Waals surface area contributed by atoms with E-state index in [-0.39, 0.29) is 0 Å². The van der Waals surface area contributed by atoms with Crippen LogP contribution in [-0.4, -0.2) is 24.0 Å². The van der Waals surface area contributed by atoms with Gasteiger partial charge in [-0.1, -0.05) is 18.2 Å². The number of carboxylic acid groups (broad SMARTS) is 1. The minimum absolute atomic E-state index is 0.290. The van der Waals surface area contributed by atoms with Crippen molar-refractivity contribution >= 4 is 12.3 Å². The second kappa shape index (κ2) is 6.59. The fourth-order valence-electron chi connectivity index (χ4n) is 1.46. The summed E-state index contributed by atoms with van der Waals surface area (Å²) < 4.78 is 5.47. The van der Waals surface area contributed by atoms with Crippen molar-refractivity contribution in [3.8, 4) is 5.75 Å². The molecule has 1 aromatic rings. The van der Waals surface area contributed by atoms with Gasteiger partial charge < -0.3 is 9.84 Å². The Morgan fingerprint density at radius 2 is 2.17 bits per heavy atom. The molecule has 18 heavy (non-hydrogen) atoms. The molecular weight excluding hydrogens is 232 g/mol. The van der Waals surface area contributed by atoms with Crippen LogP contribution in [0.4, 0.5) is 0 Å². The van der Waals surface area contributed by atoms with Gasteiger partial charge in [-0.25, -0.2) is 4.79 Å². The van der Waals surface area contributed by atoms with Crippen molar-refractivity contribution in [2.75, 3.05) is 6.61 Å². The van der Waals surface area contributed by atoms with Gasteiger partial charge in [0.05, 0.1) is 12.2 Å². The second-order valence-corrected chi connectivity index (χ2v) is 3.93. The molecule has 0 fully saturated rings. The van der Waals surface area contributed by atoms with Crippen LogP contribution in [0.5, 0.6) is 5.75 Å². The number of hydrogen-bond acceptors (Lipinski definition) is 3. The number of ether oxygens (including phenoxy) is 1. The molecule has 0 saturated heterocycles. The summed E-state index contributed by atoms with van der Waals surface area (Å²) in [5.41, 5.74) is 1.69. The first-order chi connectivity index (χ1) is 8.56. The number of aliphatic carboxylic acids is 1.